The summed E-state index contributed by atoms with van der Waals surface area (Å²) in [6, 6.07) is 16.2. The second-order valence-electron chi connectivity index (χ2n) is 6.67. The molecule has 3 aromatic rings. The van der Waals surface area contributed by atoms with Crippen molar-refractivity contribution in [3.8, 4) is 5.75 Å². The molecule has 0 atom stereocenters. The van der Waals surface area contributed by atoms with E-state index in [4.69, 9.17) is 16.3 Å². The van der Waals surface area contributed by atoms with Gasteiger partial charge in [0.2, 0.25) is 0 Å². The normalized spacial score (nSPS) is 11.1. The van der Waals surface area contributed by atoms with Crippen LogP contribution in [0.2, 0.25) is 5.02 Å². The van der Waals surface area contributed by atoms with Crippen molar-refractivity contribution < 1.29 is 22.3 Å². The Labute approximate surface area is 185 Å². The number of amides is 1. The Bertz CT molecular complexity index is 1170. The minimum atomic E-state index is -3.81. The van der Waals surface area contributed by atoms with Gasteiger partial charge in [-0.3, -0.25) is 9.52 Å². The fourth-order valence-electron chi connectivity index (χ4n) is 2.65. The van der Waals surface area contributed by atoms with Crippen LogP contribution >= 0.6 is 11.6 Å². The smallest absolute Gasteiger partial charge is 0.261 e. The minimum absolute atomic E-state index is 0.108. The van der Waals surface area contributed by atoms with Gasteiger partial charge >= 0.3 is 0 Å². The first kappa shape index (κ1) is 22.6. The van der Waals surface area contributed by atoms with E-state index in [1.807, 2.05) is 6.92 Å². The number of benzene rings is 3. The largest absolute Gasteiger partial charge is 0.492 e. The van der Waals surface area contributed by atoms with Crippen molar-refractivity contribution >= 4 is 33.2 Å². The molecule has 0 unspecified atom stereocenters. The van der Waals surface area contributed by atoms with Crippen LogP contribution in [0, 0.1) is 12.7 Å². The number of hydrogen-bond acceptors (Lipinski definition) is 4. The van der Waals surface area contributed by atoms with Crippen molar-refractivity contribution in [2.75, 3.05) is 17.9 Å². The van der Waals surface area contributed by atoms with E-state index >= 15 is 0 Å². The second kappa shape index (κ2) is 9.80. The number of carbonyl (C=O) groups is 1. The summed E-state index contributed by atoms with van der Waals surface area (Å²) in [5.74, 6) is -0.376. The van der Waals surface area contributed by atoms with Crippen molar-refractivity contribution in [2.45, 2.75) is 11.8 Å². The number of nitrogens with one attached hydrogen (secondary N) is 2. The number of aryl methyl sites for hydroxylation is 1. The van der Waals surface area contributed by atoms with Crippen LogP contribution in [0.4, 0.5) is 10.1 Å². The molecule has 0 aromatic heterocycles. The molecule has 0 radical (unpaired) electrons. The molecule has 0 saturated heterocycles. The Hall–Kier alpha value is -3.10. The maximum atomic E-state index is 12.9. The number of carbonyl (C=O) groups excluding carboxylic acids is 1. The van der Waals surface area contributed by atoms with Gasteiger partial charge < -0.3 is 10.1 Å². The third kappa shape index (κ3) is 6.19. The number of rotatable bonds is 8. The molecular weight excluding hydrogens is 443 g/mol. The predicted molar refractivity (Wildman–Crippen MR) is 118 cm³/mol. The van der Waals surface area contributed by atoms with Crippen molar-refractivity contribution in [3.05, 3.63) is 88.7 Å². The van der Waals surface area contributed by atoms with E-state index in [0.717, 1.165) is 5.56 Å². The maximum absolute atomic E-state index is 12.9. The van der Waals surface area contributed by atoms with Gasteiger partial charge in [-0.1, -0.05) is 29.3 Å². The highest BCUT2D eigenvalue weighted by Crippen LogP contribution is 2.23. The SMILES string of the molecule is Cc1ccc(S(=O)(=O)Nc2ccc(Cl)c(C(=O)NCCOc3ccc(F)cc3)c2)cc1. The molecule has 0 bridgehead atoms. The summed E-state index contributed by atoms with van der Waals surface area (Å²) < 4.78 is 45.9. The van der Waals surface area contributed by atoms with E-state index in [-0.39, 0.29) is 40.1 Å². The first-order valence-corrected chi connectivity index (χ1v) is 11.2. The van der Waals surface area contributed by atoms with Crippen LogP contribution in [-0.2, 0) is 10.0 Å². The molecule has 0 fully saturated rings. The fraction of sp³-hybridized carbons (Fsp3) is 0.136. The van der Waals surface area contributed by atoms with Crippen molar-refractivity contribution in [1.29, 1.82) is 0 Å². The van der Waals surface area contributed by atoms with E-state index in [9.17, 15) is 17.6 Å². The molecular formula is C22H20ClFN2O4S. The van der Waals surface area contributed by atoms with Gasteiger partial charge in [-0.2, -0.15) is 0 Å². The summed E-state index contributed by atoms with van der Waals surface area (Å²) in [5, 5.41) is 2.83. The summed E-state index contributed by atoms with van der Waals surface area (Å²) in [7, 11) is -3.81. The zero-order valence-electron chi connectivity index (χ0n) is 16.6. The molecule has 2 N–H and O–H groups in total. The highest BCUT2D eigenvalue weighted by Gasteiger charge is 2.16. The molecule has 0 aliphatic carbocycles. The van der Waals surface area contributed by atoms with E-state index in [1.54, 1.807) is 12.1 Å². The van der Waals surface area contributed by atoms with Gasteiger partial charge in [0.05, 0.1) is 22.0 Å². The zero-order valence-corrected chi connectivity index (χ0v) is 18.1. The van der Waals surface area contributed by atoms with Gasteiger partial charge in [0.1, 0.15) is 18.2 Å². The first-order valence-electron chi connectivity index (χ1n) is 9.30. The molecule has 1 amide bonds. The van der Waals surface area contributed by atoms with Crippen LogP contribution in [0.5, 0.6) is 5.75 Å². The monoisotopic (exact) mass is 462 g/mol. The number of anilines is 1. The standard InChI is InChI=1S/C22H20ClFN2O4S/c1-15-2-9-19(10-3-15)31(28,29)26-17-6-11-21(23)20(14-17)22(27)25-12-13-30-18-7-4-16(24)5-8-18/h2-11,14,26H,12-13H2,1H3,(H,25,27). The Kier molecular flexibility index (Phi) is 7.14. The van der Waals surface area contributed by atoms with Crippen LogP contribution in [0.3, 0.4) is 0 Å². The highest BCUT2D eigenvalue weighted by molar-refractivity contribution is 7.92. The topological polar surface area (TPSA) is 84.5 Å². The molecule has 0 aliphatic rings. The summed E-state index contributed by atoms with van der Waals surface area (Å²) in [6.45, 7) is 2.19. The highest BCUT2D eigenvalue weighted by atomic mass is 35.5. The molecule has 9 heteroatoms. The van der Waals surface area contributed by atoms with Gasteiger partial charge in [0.15, 0.2) is 0 Å². The lowest BCUT2D eigenvalue weighted by atomic mass is 10.2. The number of halogens is 2. The molecule has 0 saturated carbocycles. The molecule has 6 nitrogen and oxygen atoms in total. The average molecular weight is 463 g/mol. The number of ether oxygens (including phenoxy) is 1. The van der Waals surface area contributed by atoms with Gasteiger partial charge in [-0.25, -0.2) is 12.8 Å². The molecule has 3 rings (SSSR count). The predicted octanol–water partition coefficient (Wildman–Crippen LogP) is 4.40. The van der Waals surface area contributed by atoms with Gasteiger partial charge in [0, 0.05) is 5.69 Å². The van der Waals surface area contributed by atoms with Crippen molar-refractivity contribution in [3.63, 3.8) is 0 Å². The van der Waals surface area contributed by atoms with Crippen LogP contribution in [0.1, 0.15) is 15.9 Å². The summed E-state index contributed by atoms with van der Waals surface area (Å²) in [4.78, 5) is 12.6. The number of hydrogen-bond donors (Lipinski definition) is 2. The van der Waals surface area contributed by atoms with E-state index < -0.39 is 15.9 Å². The maximum Gasteiger partial charge on any atom is 0.261 e. The quantitative estimate of drug-likeness (QED) is 0.486. The van der Waals surface area contributed by atoms with Gasteiger partial charge in [-0.05, 0) is 61.5 Å². The minimum Gasteiger partial charge on any atom is -0.492 e. The lowest BCUT2D eigenvalue weighted by molar-refractivity contribution is 0.0947. The number of sulfonamides is 1. The van der Waals surface area contributed by atoms with Crippen molar-refractivity contribution in [2.24, 2.45) is 0 Å². The van der Waals surface area contributed by atoms with Crippen LogP contribution in [0.15, 0.2) is 71.6 Å². The Morgan fingerprint density at radius 2 is 1.71 bits per heavy atom. The fourth-order valence-corrected chi connectivity index (χ4v) is 3.91. The molecule has 3 aromatic carbocycles. The molecule has 31 heavy (non-hydrogen) atoms. The third-order valence-electron chi connectivity index (χ3n) is 4.26. The molecule has 0 aliphatic heterocycles. The lowest BCUT2D eigenvalue weighted by Crippen LogP contribution is -2.28. The zero-order chi connectivity index (χ0) is 22.4. The second-order valence-corrected chi connectivity index (χ2v) is 8.76. The van der Waals surface area contributed by atoms with Gasteiger partial charge in [-0.15, -0.1) is 0 Å². The third-order valence-corrected chi connectivity index (χ3v) is 5.99. The van der Waals surface area contributed by atoms with Crippen LogP contribution in [-0.4, -0.2) is 27.5 Å². The molecule has 0 spiro atoms. The van der Waals surface area contributed by atoms with E-state index in [1.165, 1.54) is 54.6 Å². The molecule has 0 heterocycles. The Morgan fingerprint density at radius 1 is 1.03 bits per heavy atom. The first-order chi connectivity index (χ1) is 14.7. The van der Waals surface area contributed by atoms with E-state index in [0.29, 0.717) is 5.75 Å². The summed E-state index contributed by atoms with van der Waals surface area (Å²) in [6.07, 6.45) is 0. The summed E-state index contributed by atoms with van der Waals surface area (Å²) >= 11 is 6.12. The Morgan fingerprint density at radius 3 is 2.39 bits per heavy atom. The van der Waals surface area contributed by atoms with Crippen LogP contribution in [0.25, 0.3) is 0 Å². The van der Waals surface area contributed by atoms with Crippen molar-refractivity contribution in [1.82, 2.24) is 5.32 Å². The summed E-state index contributed by atoms with van der Waals surface area (Å²) in [5.41, 5.74) is 1.26. The van der Waals surface area contributed by atoms with Gasteiger partial charge in [0.25, 0.3) is 15.9 Å². The molecule has 162 valence electrons. The average Bonchev–Trinajstić information content (AvgIpc) is 2.74. The Balaban J connectivity index is 1.62. The van der Waals surface area contributed by atoms with Crippen LogP contribution < -0.4 is 14.8 Å². The lowest BCUT2D eigenvalue weighted by Gasteiger charge is -2.12. The van der Waals surface area contributed by atoms with E-state index in [2.05, 4.69) is 10.0 Å².